The van der Waals surface area contributed by atoms with Gasteiger partial charge in [0.05, 0.1) is 39.6 Å². The van der Waals surface area contributed by atoms with Gasteiger partial charge in [0.1, 0.15) is 6.61 Å². The van der Waals surface area contributed by atoms with Gasteiger partial charge in [0.15, 0.2) is 0 Å². The maximum atomic E-state index is 11.9. The highest BCUT2D eigenvalue weighted by atomic mass is 32.2. The van der Waals surface area contributed by atoms with Gasteiger partial charge >= 0.3 is 6.09 Å². The van der Waals surface area contributed by atoms with E-state index < -0.39 is 0 Å². The van der Waals surface area contributed by atoms with Gasteiger partial charge < -0.3 is 29.2 Å². The molecule has 1 heterocycles. The summed E-state index contributed by atoms with van der Waals surface area (Å²) in [6, 6.07) is 0. The van der Waals surface area contributed by atoms with Crippen LogP contribution in [0.15, 0.2) is 0 Å². The Kier molecular flexibility index (Phi) is 15.1. The van der Waals surface area contributed by atoms with Crippen LogP contribution in [0, 0.1) is 0 Å². The molecule has 1 aliphatic rings. The Morgan fingerprint density at radius 1 is 0.964 bits per heavy atom. The summed E-state index contributed by atoms with van der Waals surface area (Å²) in [5.41, 5.74) is 0. The van der Waals surface area contributed by atoms with E-state index in [1.54, 1.807) is 4.90 Å². The fraction of sp³-hybridized carbons (Fsp3) is 0.895. The Balaban J connectivity index is 1.81. The van der Waals surface area contributed by atoms with Gasteiger partial charge in [-0.25, -0.2) is 4.79 Å². The summed E-state index contributed by atoms with van der Waals surface area (Å²) < 4.78 is 21.4. The number of nitrogens with one attached hydrogen (secondary N) is 1. The van der Waals surface area contributed by atoms with Crippen LogP contribution in [0.3, 0.4) is 0 Å². The number of nitrogens with zero attached hydrogens (tertiary/aromatic N) is 1. The van der Waals surface area contributed by atoms with Crippen molar-refractivity contribution in [1.82, 2.24) is 10.2 Å². The molecule has 164 valence electrons. The second-order valence-electron chi connectivity index (χ2n) is 6.47. The number of piperidine rings is 1. The van der Waals surface area contributed by atoms with Gasteiger partial charge in [0.25, 0.3) is 0 Å². The predicted octanol–water partition coefficient (Wildman–Crippen LogP) is 1.92. The van der Waals surface area contributed by atoms with Gasteiger partial charge in [-0.15, -0.1) is 0 Å². The molecule has 2 amide bonds. The van der Waals surface area contributed by atoms with Crippen molar-refractivity contribution in [3.63, 3.8) is 0 Å². The molecule has 1 saturated heterocycles. The van der Waals surface area contributed by atoms with Crippen LogP contribution < -0.4 is 5.32 Å². The van der Waals surface area contributed by atoms with Crippen LogP contribution >= 0.6 is 11.8 Å². The Morgan fingerprint density at radius 2 is 1.54 bits per heavy atom. The third kappa shape index (κ3) is 12.4. The molecule has 28 heavy (non-hydrogen) atoms. The first-order valence-corrected chi connectivity index (χ1v) is 11.4. The molecule has 0 aromatic carbocycles. The third-order valence-corrected chi connectivity index (χ3v) is 5.41. The highest BCUT2D eigenvalue weighted by Crippen LogP contribution is 2.21. The van der Waals surface area contributed by atoms with Gasteiger partial charge in [-0.05, 0) is 25.5 Å². The molecule has 0 saturated carbocycles. The molecule has 9 heteroatoms. The molecule has 8 nitrogen and oxygen atoms in total. The number of rotatable bonds is 15. The summed E-state index contributed by atoms with van der Waals surface area (Å²) in [4.78, 5) is 24.9. The molecule has 0 bridgehead atoms. The minimum Gasteiger partial charge on any atom is -0.447 e. The predicted molar refractivity (Wildman–Crippen MR) is 110 cm³/mol. The topological polar surface area (TPSA) is 86.3 Å². The van der Waals surface area contributed by atoms with Crippen molar-refractivity contribution in [1.29, 1.82) is 0 Å². The van der Waals surface area contributed by atoms with E-state index in [2.05, 4.69) is 11.6 Å². The number of hydrogen-bond acceptors (Lipinski definition) is 7. The molecule has 1 rings (SSSR count). The largest absolute Gasteiger partial charge is 0.447 e. The SMILES string of the molecule is CCCC(=O)NCCOCCOCCOCCOC(=O)N1CCC(SC)CC1. The van der Waals surface area contributed by atoms with E-state index in [9.17, 15) is 9.59 Å². The van der Waals surface area contributed by atoms with E-state index in [-0.39, 0.29) is 18.6 Å². The van der Waals surface area contributed by atoms with Gasteiger partial charge in [-0.2, -0.15) is 11.8 Å². The minimum atomic E-state index is -0.248. The van der Waals surface area contributed by atoms with Gasteiger partial charge in [0, 0.05) is 31.3 Å². The zero-order chi connectivity index (χ0) is 20.5. The summed E-state index contributed by atoms with van der Waals surface area (Å²) in [5.74, 6) is 0.0605. The van der Waals surface area contributed by atoms with Crippen LogP contribution in [-0.4, -0.2) is 94.3 Å². The highest BCUT2D eigenvalue weighted by Gasteiger charge is 2.22. The number of ether oxygens (including phenoxy) is 4. The normalized spacial score (nSPS) is 14.9. The van der Waals surface area contributed by atoms with Crippen molar-refractivity contribution >= 4 is 23.8 Å². The second-order valence-corrected chi connectivity index (χ2v) is 7.61. The van der Waals surface area contributed by atoms with Crippen LogP contribution in [0.5, 0.6) is 0 Å². The van der Waals surface area contributed by atoms with E-state index in [1.165, 1.54) is 0 Å². The zero-order valence-corrected chi connectivity index (χ0v) is 18.1. The van der Waals surface area contributed by atoms with Crippen molar-refractivity contribution < 1.29 is 28.5 Å². The van der Waals surface area contributed by atoms with Crippen LogP contribution in [0.2, 0.25) is 0 Å². The van der Waals surface area contributed by atoms with Crippen molar-refractivity contribution in [3.05, 3.63) is 0 Å². The third-order valence-electron chi connectivity index (χ3n) is 4.28. The van der Waals surface area contributed by atoms with Crippen LogP contribution in [0.1, 0.15) is 32.6 Å². The lowest BCUT2D eigenvalue weighted by Crippen LogP contribution is -2.39. The number of thioether (sulfide) groups is 1. The van der Waals surface area contributed by atoms with E-state index in [4.69, 9.17) is 18.9 Å². The molecular formula is C19H36N2O6S. The van der Waals surface area contributed by atoms with E-state index in [0.717, 1.165) is 32.4 Å². The molecule has 0 aromatic heterocycles. The Morgan fingerprint density at radius 3 is 2.11 bits per heavy atom. The number of amides is 2. The molecule has 0 unspecified atom stereocenters. The Labute approximate surface area is 173 Å². The first-order valence-electron chi connectivity index (χ1n) is 10.1. The smallest absolute Gasteiger partial charge is 0.409 e. The number of likely N-dealkylation sites (tertiary alicyclic amines) is 1. The molecule has 1 fully saturated rings. The summed E-state index contributed by atoms with van der Waals surface area (Å²) >= 11 is 1.87. The van der Waals surface area contributed by atoms with Crippen molar-refractivity contribution in [2.75, 3.05) is 72.1 Å². The molecule has 0 atom stereocenters. The lowest BCUT2D eigenvalue weighted by molar-refractivity contribution is -0.121. The maximum absolute atomic E-state index is 11.9. The molecule has 1 aliphatic heterocycles. The Bertz CT molecular complexity index is 419. The number of carbonyl (C=O) groups is 2. The quantitative estimate of drug-likeness (QED) is 0.405. The average Bonchev–Trinajstić information content (AvgIpc) is 2.71. The molecule has 0 radical (unpaired) electrons. The fourth-order valence-corrected chi connectivity index (χ4v) is 3.36. The van der Waals surface area contributed by atoms with E-state index >= 15 is 0 Å². The van der Waals surface area contributed by atoms with Crippen LogP contribution in [-0.2, 0) is 23.7 Å². The number of carbonyl (C=O) groups excluding carboxylic acids is 2. The molecule has 0 aliphatic carbocycles. The Hall–Kier alpha value is -1.03. The van der Waals surface area contributed by atoms with Crippen LogP contribution in [0.4, 0.5) is 4.79 Å². The minimum absolute atomic E-state index is 0.0605. The van der Waals surface area contributed by atoms with Gasteiger partial charge in [-0.3, -0.25) is 4.79 Å². The van der Waals surface area contributed by atoms with Gasteiger partial charge in [-0.1, -0.05) is 6.92 Å². The lowest BCUT2D eigenvalue weighted by Gasteiger charge is -2.30. The van der Waals surface area contributed by atoms with E-state index in [0.29, 0.717) is 57.9 Å². The summed E-state index contributed by atoms with van der Waals surface area (Å²) in [6.07, 6.45) is 5.33. The van der Waals surface area contributed by atoms with Gasteiger partial charge in [0.2, 0.25) is 5.91 Å². The number of hydrogen-bond donors (Lipinski definition) is 1. The van der Waals surface area contributed by atoms with Crippen LogP contribution in [0.25, 0.3) is 0 Å². The highest BCUT2D eigenvalue weighted by molar-refractivity contribution is 7.99. The summed E-state index contributed by atoms with van der Waals surface area (Å²) in [7, 11) is 0. The molecule has 1 N–H and O–H groups in total. The summed E-state index contributed by atoms with van der Waals surface area (Å²) in [6.45, 7) is 7.01. The average molecular weight is 421 g/mol. The first-order chi connectivity index (χ1) is 13.7. The van der Waals surface area contributed by atoms with Crippen molar-refractivity contribution in [2.45, 2.75) is 37.9 Å². The maximum Gasteiger partial charge on any atom is 0.409 e. The fourth-order valence-electron chi connectivity index (χ4n) is 2.67. The van der Waals surface area contributed by atoms with E-state index in [1.807, 2.05) is 18.7 Å². The molecular weight excluding hydrogens is 384 g/mol. The molecule has 0 aromatic rings. The van der Waals surface area contributed by atoms with Crippen molar-refractivity contribution in [3.8, 4) is 0 Å². The lowest BCUT2D eigenvalue weighted by atomic mass is 10.1. The monoisotopic (exact) mass is 420 g/mol. The molecule has 0 spiro atoms. The summed E-state index contributed by atoms with van der Waals surface area (Å²) in [5, 5.41) is 3.44. The second kappa shape index (κ2) is 16.9. The zero-order valence-electron chi connectivity index (χ0n) is 17.3. The van der Waals surface area contributed by atoms with Crippen molar-refractivity contribution in [2.24, 2.45) is 0 Å². The first kappa shape index (κ1) is 25.0. The standard InChI is InChI=1S/C19H36N2O6S/c1-3-4-18(22)20-7-10-24-11-12-25-13-14-26-15-16-27-19(23)21-8-5-17(28-2)6-9-21/h17H,3-16H2,1-2H3,(H,20,22).